The number of H-pyrrole nitrogens is 1. The van der Waals surface area contributed by atoms with Crippen LogP contribution in [0.1, 0.15) is 28.6 Å². The van der Waals surface area contributed by atoms with Gasteiger partial charge in [-0.1, -0.05) is 42.5 Å². The fourth-order valence-electron chi connectivity index (χ4n) is 3.65. The Morgan fingerprint density at radius 2 is 1.70 bits per heavy atom. The fourth-order valence-corrected chi connectivity index (χ4v) is 3.65. The topological polar surface area (TPSA) is 49.9 Å². The zero-order valence-corrected chi connectivity index (χ0v) is 15.8. The predicted molar refractivity (Wildman–Crippen MR) is 110 cm³/mol. The Morgan fingerprint density at radius 1 is 0.926 bits per heavy atom. The average Bonchev–Trinajstić information content (AvgIpc) is 3.02. The first-order valence-corrected chi connectivity index (χ1v) is 9.07. The van der Waals surface area contributed by atoms with Crippen molar-refractivity contribution in [2.75, 3.05) is 12.4 Å². The first-order valence-electron chi connectivity index (χ1n) is 9.07. The highest BCUT2D eigenvalue weighted by Gasteiger charge is 2.24. The van der Waals surface area contributed by atoms with Gasteiger partial charge >= 0.3 is 0 Å². The van der Waals surface area contributed by atoms with Gasteiger partial charge in [-0.15, -0.1) is 0 Å². The van der Waals surface area contributed by atoms with Gasteiger partial charge in [0.05, 0.1) is 13.2 Å². The number of aryl methyl sites for hydroxylation is 2. The molecule has 0 spiro atoms. The third-order valence-electron chi connectivity index (χ3n) is 4.86. The third kappa shape index (κ3) is 3.26. The quantitative estimate of drug-likeness (QED) is 0.503. The largest absolute Gasteiger partial charge is 0.496 e. The Hall–Kier alpha value is -3.27. The molecule has 4 rings (SSSR count). The van der Waals surface area contributed by atoms with Gasteiger partial charge in [-0.3, -0.25) is 0 Å². The zero-order chi connectivity index (χ0) is 18.8. The molecule has 1 atom stereocenters. The molecular formula is C23H23N3O. The van der Waals surface area contributed by atoms with Crippen molar-refractivity contribution in [3.63, 3.8) is 0 Å². The van der Waals surface area contributed by atoms with Crippen molar-refractivity contribution < 1.29 is 4.74 Å². The highest BCUT2D eigenvalue weighted by Crippen LogP contribution is 2.37. The first-order chi connectivity index (χ1) is 13.2. The Bertz CT molecular complexity index is 1080. The molecule has 0 aliphatic rings. The van der Waals surface area contributed by atoms with Crippen LogP contribution in [0.2, 0.25) is 0 Å². The van der Waals surface area contributed by atoms with E-state index in [-0.39, 0.29) is 6.04 Å². The molecule has 2 N–H and O–H groups in total. The van der Waals surface area contributed by atoms with Crippen LogP contribution in [0, 0.1) is 13.8 Å². The van der Waals surface area contributed by atoms with E-state index in [0.29, 0.717) is 0 Å². The van der Waals surface area contributed by atoms with Crippen molar-refractivity contribution in [3.05, 3.63) is 89.2 Å². The zero-order valence-electron chi connectivity index (χ0n) is 15.8. The van der Waals surface area contributed by atoms with Crippen LogP contribution >= 0.6 is 0 Å². The second kappa shape index (κ2) is 7.16. The monoisotopic (exact) mass is 357 g/mol. The van der Waals surface area contributed by atoms with Gasteiger partial charge in [-0.2, -0.15) is 0 Å². The Balaban J connectivity index is 1.91. The number of fused-ring (bicyclic) bond motifs is 1. The number of hydrogen-bond acceptors (Lipinski definition) is 3. The van der Waals surface area contributed by atoms with E-state index < -0.39 is 0 Å². The van der Waals surface area contributed by atoms with Crippen LogP contribution in [0.15, 0.2) is 66.7 Å². The molecule has 4 nitrogen and oxygen atoms in total. The summed E-state index contributed by atoms with van der Waals surface area (Å²) in [7, 11) is 1.71. The molecule has 4 aromatic rings. The van der Waals surface area contributed by atoms with Crippen molar-refractivity contribution in [1.82, 2.24) is 9.97 Å². The summed E-state index contributed by atoms with van der Waals surface area (Å²) in [5.41, 5.74) is 5.53. The van der Waals surface area contributed by atoms with Gasteiger partial charge in [0.2, 0.25) is 0 Å². The molecule has 0 saturated heterocycles. The molecule has 0 radical (unpaired) electrons. The molecule has 0 saturated carbocycles. The SMILES string of the molecule is COc1ccccc1C(Nc1cccc(C)n1)c1c(C)[nH]c2ccccc12. The maximum atomic E-state index is 5.67. The predicted octanol–water partition coefficient (Wildman–Crippen LogP) is 5.39. The molecule has 2 heterocycles. The van der Waals surface area contributed by atoms with Crippen molar-refractivity contribution >= 4 is 16.7 Å². The summed E-state index contributed by atoms with van der Waals surface area (Å²) in [6, 6.07) is 22.5. The minimum absolute atomic E-state index is 0.0911. The molecule has 27 heavy (non-hydrogen) atoms. The van der Waals surface area contributed by atoms with E-state index in [9.17, 15) is 0 Å². The van der Waals surface area contributed by atoms with E-state index in [2.05, 4.69) is 52.5 Å². The van der Waals surface area contributed by atoms with E-state index in [1.165, 1.54) is 10.9 Å². The van der Waals surface area contributed by atoms with E-state index >= 15 is 0 Å². The highest BCUT2D eigenvalue weighted by atomic mass is 16.5. The summed E-state index contributed by atoms with van der Waals surface area (Å²) in [4.78, 5) is 8.16. The van der Waals surface area contributed by atoms with E-state index in [1.54, 1.807) is 7.11 Å². The molecule has 0 fully saturated rings. The number of nitrogens with zero attached hydrogens (tertiary/aromatic N) is 1. The second-order valence-corrected chi connectivity index (χ2v) is 6.69. The van der Waals surface area contributed by atoms with Gasteiger partial charge in [0.25, 0.3) is 0 Å². The molecule has 2 aromatic heterocycles. The van der Waals surface area contributed by atoms with Crippen LogP contribution in [-0.4, -0.2) is 17.1 Å². The summed E-state index contributed by atoms with van der Waals surface area (Å²) in [5.74, 6) is 1.70. The van der Waals surface area contributed by atoms with Crippen LogP contribution in [0.3, 0.4) is 0 Å². The van der Waals surface area contributed by atoms with Crippen molar-refractivity contribution in [1.29, 1.82) is 0 Å². The molecule has 1 unspecified atom stereocenters. The lowest BCUT2D eigenvalue weighted by molar-refractivity contribution is 0.408. The standard InChI is InChI=1S/C23H23N3O/c1-15-9-8-14-21(24-15)26-23(18-11-5-7-13-20(18)27-3)22-16(2)25-19-12-6-4-10-17(19)22/h4-14,23,25H,1-3H3,(H,24,26). The van der Waals surface area contributed by atoms with Gasteiger partial charge in [0.15, 0.2) is 0 Å². The number of aromatic amines is 1. The molecule has 2 aromatic carbocycles. The van der Waals surface area contributed by atoms with Gasteiger partial charge < -0.3 is 15.0 Å². The van der Waals surface area contributed by atoms with Gasteiger partial charge in [0, 0.05) is 33.4 Å². The summed E-state index contributed by atoms with van der Waals surface area (Å²) in [6.07, 6.45) is 0. The number of ether oxygens (including phenoxy) is 1. The number of aromatic nitrogens is 2. The van der Waals surface area contributed by atoms with Crippen LogP contribution in [0.25, 0.3) is 10.9 Å². The first kappa shape index (κ1) is 17.2. The van der Waals surface area contributed by atoms with Crippen LogP contribution in [0.4, 0.5) is 5.82 Å². The van der Waals surface area contributed by atoms with E-state index in [4.69, 9.17) is 4.74 Å². The molecule has 4 heteroatoms. The maximum absolute atomic E-state index is 5.67. The lowest BCUT2D eigenvalue weighted by atomic mass is 9.95. The Labute approximate surface area is 159 Å². The molecule has 0 aliphatic heterocycles. The molecule has 0 aliphatic carbocycles. The fraction of sp³-hybridized carbons (Fsp3) is 0.174. The summed E-state index contributed by atoms with van der Waals surface area (Å²) < 4.78 is 5.67. The van der Waals surface area contributed by atoms with Gasteiger partial charge in [-0.05, 0) is 38.1 Å². The minimum Gasteiger partial charge on any atom is -0.496 e. The number of pyridine rings is 1. The van der Waals surface area contributed by atoms with Crippen molar-refractivity contribution in [3.8, 4) is 5.75 Å². The second-order valence-electron chi connectivity index (χ2n) is 6.69. The van der Waals surface area contributed by atoms with E-state index in [1.807, 2.05) is 43.3 Å². The molecule has 0 bridgehead atoms. The molecule has 0 amide bonds. The van der Waals surface area contributed by atoms with Crippen LogP contribution in [-0.2, 0) is 0 Å². The number of hydrogen-bond donors (Lipinski definition) is 2. The number of benzene rings is 2. The minimum atomic E-state index is -0.0911. The summed E-state index contributed by atoms with van der Waals surface area (Å²) in [5, 5.41) is 4.84. The van der Waals surface area contributed by atoms with Crippen molar-refractivity contribution in [2.45, 2.75) is 19.9 Å². The normalized spacial score (nSPS) is 12.1. The van der Waals surface area contributed by atoms with Crippen LogP contribution < -0.4 is 10.1 Å². The lowest BCUT2D eigenvalue weighted by Crippen LogP contribution is -2.15. The average molecular weight is 357 g/mol. The smallest absolute Gasteiger partial charge is 0.126 e. The molecular weight excluding hydrogens is 334 g/mol. The Morgan fingerprint density at radius 3 is 2.52 bits per heavy atom. The lowest BCUT2D eigenvalue weighted by Gasteiger charge is -2.23. The van der Waals surface area contributed by atoms with Crippen molar-refractivity contribution in [2.24, 2.45) is 0 Å². The Kier molecular flexibility index (Phi) is 4.55. The maximum Gasteiger partial charge on any atom is 0.126 e. The number of methoxy groups -OCH3 is 1. The van der Waals surface area contributed by atoms with Gasteiger partial charge in [0.1, 0.15) is 11.6 Å². The van der Waals surface area contributed by atoms with Crippen LogP contribution in [0.5, 0.6) is 5.75 Å². The number of nitrogens with one attached hydrogen (secondary N) is 2. The van der Waals surface area contributed by atoms with Gasteiger partial charge in [-0.25, -0.2) is 4.98 Å². The number of anilines is 1. The summed E-state index contributed by atoms with van der Waals surface area (Å²) in [6.45, 7) is 4.11. The molecule has 136 valence electrons. The summed E-state index contributed by atoms with van der Waals surface area (Å²) >= 11 is 0. The van der Waals surface area contributed by atoms with E-state index in [0.717, 1.165) is 34.0 Å². The number of rotatable bonds is 5. The number of para-hydroxylation sites is 2. The highest BCUT2D eigenvalue weighted by molar-refractivity contribution is 5.86. The third-order valence-corrected chi connectivity index (χ3v) is 4.86.